The Hall–Kier alpha value is -2.65. The van der Waals surface area contributed by atoms with E-state index < -0.39 is 23.2 Å². The highest BCUT2D eigenvalue weighted by molar-refractivity contribution is 6.30. The number of benzene rings is 1. The van der Waals surface area contributed by atoms with E-state index in [-0.39, 0.29) is 12.4 Å². The Morgan fingerprint density at radius 1 is 1.31 bits per heavy atom. The molecule has 1 unspecified atom stereocenters. The van der Waals surface area contributed by atoms with Gasteiger partial charge in [0.15, 0.2) is 0 Å². The summed E-state index contributed by atoms with van der Waals surface area (Å²) in [6, 6.07) is 6.07. The number of ketones is 1. The van der Waals surface area contributed by atoms with Crippen molar-refractivity contribution < 1.29 is 24.2 Å². The van der Waals surface area contributed by atoms with Crippen LogP contribution in [0.5, 0.6) is 5.75 Å². The zero-order chi connectivity index (χ0) is 19.4. The third kappa shape index (κ3) is 4.30. The first-order valence-electron chi connectivity index (χ1n) is 7.60. The van der Waals surface area contributed by atoms with Crippen molar-refractivity contribution in [3.05, 3.63) is 41.9 Å². The standard InChI is InChI=1S/C16H19ClN4O5/c1-15(2,8-25-14(23)18-3)13(22)16(24,21-10-19-9-20-21)26-12-6-4-11(17)5-7-12/h4-7,9-10,24H,8H2,1-3H3,(H,18,23). The van der Waals surface area contributed by atoms with Crippen LogP contribution >= 0.6 is 11.6 Å². The summed E-state index contributed by atoms with van der Waals surface area (Å²) in [5.41, 5.74) is -1.29. The summed E-state index contributed by atoms with van der Waals surface area (Å²) < 4.78 is 11.4. The maximum atomic E-state index is 13.1. The number of aliphatic hydroxyl groups is 1. The monoisotopic (exact) mass is 382 g/mol. The Morgan fingerprint density at radius 2 is 1.96 bits per heavy atom. The Morgan fingerprint density at radius 3 is 2.50 bits per heavy atom. The van der Waals surface area contributed by atoms with E-state index in [0.29, 0.717) is 5.02 Å². The molecular formula is C16H19ClN4O5. The van der Waals surface area contributed by atoms with Crippen molar-refractivity contribution in [2.45, 2.75) is 19.8 Å². The fourth-order valence-electron chi connectivity index (χ4n) is 2.05. The molecular weight excluding hydrogens is 364 g/mol. The first-order chi connectivity index (χ1) is 12.2. The minimum Gasteiger partial charge on any atom is -0.449 e. The number of Topliss-reactive ketones (excluding diaryl/α,β-unsaturated/α-hetero) is 1. The Balaban J connectivity index is 2.33. The number of hydrogen-bond acceptors (Lipinski definition) is 7. The number of carbonyl (C=O) groups is 2. The minimum absolute atomic E-state index is 0.184. The van der Waals surface area contributed by atoms with E-state index in [0.717, 1.165) is 17.3 Å². The quantitative estimate of drug-likeness (QED) is 0.698. The molecule has 0 aliphatic carbocycles. The third-order valence-electron chi connectivity index (χ3n) is 3.48. The van der Waals surface area contributed by atoms with Crippen LogP contribution in [0, 0.1) is 5.41 Å². The summed E-state index contributed by atoms with van der Waals surface area (Å²) in [6.07, 6.45) is 1.59. The molecule has 2 rings (SSSR count). The average molecular weight is 383 g/mol. The topological polar surface area (TPSA) is 116 Å². The van der Waals surface area contributed by atoms with Crippen LogP contribution in [-0.4, -0.2) is 45.4 Å². The van der Waals surface area contributed by atoms with Crippen molar-refractivity contribution in [2.75, 3.05) is 13.7 Å². The van der Waals surface area contributed by atoms with Crippen molar-refractivity contribution in [3.8, 4) is 5.75 Å². The molecule has 1 aromatic carbocycles. The normalized spacial score (nSPS) is 13.6. The van der Waals surface area contributed by atoms with Gasteiger partial charge in [0.1, 0.15) is 25.0 Å². The molecule has 0 saturated carbocycles. The summed E-state index contributed by atoms with van der Waals surface area (Å²) in [6.45, 7) is 2.73. The zero-order valence-electron chi connectivity index (χ0n) is 14.5. The van der Waals surface area contributed by atoms with Gasteiger partial charge in [-0.25, -0.2) is 9.78 Å². The van der Waals surface area contributed by atoms with Crippen molar-refractivity contribution in [2.24, 2.45) is 5.41 Å². The highest BCUT2D eigenvalue weighted by Crippen LogP contribution is 2.30. The van der Waals surface area contributed by atoms with Crippen LogP contribution < -0.4 is 10.1 Å². The van der Waals surface area contributed by atoms with E-state index in [9.17, 15) is 14.7 Å². The van der Waals surface area contributed by atoms with Crippen molar-refractivity contribution >= 4 is 23.5 Å². The third-order valence-corrected chi connectivity index (χ3v) is 3.73. The van der Waals surface area contributed by atoms with Gasteiger partial charge in [0, 0.05) is 12.1 Å². The molecule has 1 heterocycles. The molecule has 2 N–H and O–H groups in total. The number of ether oxygens (including phenoxy) is 2. The van der Waals surface area contributed by atoms with Crippen molar-refractivity contribution in [1.29, 1.82) is 0 Å². The van der Waals surface area contributed by atoms with E-state index in [1.54, 1.807) is 12.1 Å². The summed E-state index contributed by atoms with van der Waals surface area (Å²) >= 11 is 5.84. The van der Waals surface area contributed by atoms with E-state index in [4.69, 9.17) is 21.1 Å². The van der Waals surface area contributed by atoms with Crippen LogP contribution in [0.15, 0.2) is 36.9 Å². The van der Waals surface area contributed by atoms with Gasteiger partial charge in [-0.2, -0.15) is 9.78 Å². The molecule has 2 aromatic rings. The number of nitrogens with one attached hydrogen (secondary N) is 1. The highest BCUT2D eigenvalue weighted by atomic mass is 35.5. The van der Waals surface area contributed by atoms with Gasteiger partial charge in [-0.15, -0.1) is 0 Å². The highest BCUT2D eigenvalue weighted by Gasteiger charge is 2.50. The lowest BCUT2D eigenvalue weighted by Crippen LogP contribution is -2.54. The number of rotatable bonds is 7. The van der Waals surface area contributed by atoms with Gasteiger partial charge in [-0.1, -0.05) is 11.6 Å². The van der Waals surface area contributed by atoms with Crippen LogP contribution in [0.2, 0.25) is 5.02 Å². The molecule has 9 nitrogen and oxygen atoms in total. The number of nitrogens with zero attached hydrogens (tertiary/aromatic N) is 3. The van der Waals surface area contributed by atoms with Gasteiger partial charge in [0.05, 0.1) is 5.41 Å². The van der Waals surface area contributed by atoms with E-state index >= 15 is 0 Å². The van der Waals surface area contributed by atoms with Crippen molar-refractivity contribution in [1.82, 2.24) is 20.1 Å². The predicted molar refractivity (Wildman–Crippen MR) is 91.5 cm³/mol. The van der Waals surface area contributed by atoms with Crippen LogP contribution in [-0.2, 0) is 15.4 Å². The molecule has 0 saturated heterocycles. The van der Waals surface area contributed by atoms with E-state index in [1.807, 2.05) is 0 Å². The van der Waals surface area contributed by atoms with Crippen LogP contribution in [0.3, 0.4) is 0 Å². The van der Waals surface area contributed by atoms with Gasteiger partial charge < -0.3 is 19.9 Å². The lowest BCUT2D eigenvalue weighted by atomic mass is 9.86. The Kier molecular flexibility index (Phi) is 5.83. The van der Waals surface area contributed by atoms with Crippen LogP contribution in [0.1, 0.15) is 13.8 Å². The molecule has 140 valence electrons. The lowest BCUT2D eigenvalue weighted by Gasteiger charge is -2.33. The van der Waals surface area contributed by atoms with E-state index in [1.165, 1.54) is 33.0 Å². The molecule has 1 amide bonds. The number of amides is 1. The predicted octanol–water partition coefficient (Wildman–Crippen LogP) is 1.56. The average Bonchev–Trinajstić information content (AvgIpc) is 3.16. The lowest BCUT2D eigenvalue weighted by molar-refractivity contribution is -0.221. The summed E-state index contributed by atoms with van der Waals surface area (Å²) in [5, 5.41) is 17.6. The molecule has 0 aliphatic heterocycles. The van der Waals surface area contributed by atoms with Crippen LogP contribution in [0.4, 0.5) is 4.79 Å². The fourth-order valence-corrected chi connectivity index (χ4v) is 2.18. The fraction of sp³-hybridized carbons (Fsp3) is 0.375. The van der Waals surface area contributed by atoms with Crippen LogP contribution in [0.25, 0.3) is 0 Å². The smallest absolute Gasteiger partial charge is 0.406 e. The van der Waals surface area contributed by atoms with Gasteiger partial charge in [-0.3, -0.25) is 4.79 Å². The van der Waals surface area contributed by atoms with Gasteiger partial charge in [0.25, 0.3) is 0 Å². The molecule has 10 heteroatoms. The van der Waals surface area contributed by atoms with Gasteiger partial charge in [0.2, 0.25) is 5.78 Å². The molecule has 1 atom stereocenters. The second-order valence-corrected chi connectivity index (χ2v) is 6.48. The maximum Gasteiger partial charge on any atom is 0.406 e. The largest absolute Gasteiger partial charge is 0.449 e. The number of carbonyl (C=O) groups excluding carboxylic acids is 2. The number of alkyl carbamates (subject to hydrolysis) is 1. The second-order valence-electron chi connectivity index (χ2n) is 6.04. The molecule has 26 heavy (non-hydrogen) atoms. The summed E-state index contributed by atoms with van der Waals surface area (Å²) in [7, 11) is 1.40. The van der Waals surface area contributed by atoms with Gasteiger partial charge in [-0.05, 0) is 38.1 Å². The van der Waals surface area contributed by atoms with Crippen molar-refractivity contribution in [3.63, 3.8) is 0 Å². The molecule has 0 radical (unpaired) electrons. The Labute approximate surface area is 154 Å². The number of hydrogen-bond donors (Lipinski definition) is 2. The Bertz CT molecular complexity index is 763. The zero-order valence-corrected chi connectivity index (χ0v) is 15.2. The molecule has 1 aromatic heterocycles. The second kappa shape index (κ2) is 7.71. The molecule has 0 spiro atoms. The molecule has 0 aliphatic rings. The first-order valence-corrected chi connectivity index (χ1v) is 7.98. The SMILES string of the molecule is CNC(=O)OCC(C)(C)C(=O)C(O)(Oc1ccc(Cl)cc1)n1cncn1. The van der Waals surface area contributed by atoms with E-state index in [2.05, 4.69) is 15.4 Å². The number of halogens is 1. The number of aromatic nitrogens is 3. The van der Waals surface area contributed by atoms with Gasteiger partial charge >= 0.3 is 12.0 Å². The summed E-state index contributed by atoms with van der Waals surface area (Å²) in [4.78, 5) is 28.1. The maximum absolute atomic E-state index is 13.1. The molecule has 0 bridgehead atoms. The molecule has 0 fully saturated rings. The minimum atomic E-state index is -2.50. The first kappa shape index (κ1) is 19.7. The summed E-state index contributed by atoms with van der Waals surface area (Å²) in [5.74, 6) is -3.10.